The summed E-state index contributed by atoms with van der Waals surface area (Å²) in [4.78, 5) is 19.7. The van der Waals surface area contributed by atoms with Gasteiger partial charge in [-0.1, -0.05) is 344 Å². The first kappa shape index (κ1) is 62.0. The van der Waals surface area contributed by atoms with E-state index in [1.54, 1.807) is 0 Å². The predicted molar refractivity (Wildman–Crippen MR) is 419 cm³/mol. The highest BCUT2D eigenvalue weighted by Gasteiger charge is 2.53. The maximum atomic E-state index is 9.85. The Morgan fingerprint density at radius 1 is 0.216 bits per heavy atom. The molecule has 6 nitrogen and oxygen atoms in total. The zero-order valence-electron chi connectivity index (χ0n) is 55.3. The Kier molecular flexibility index (Phi) is 15.7. The van der Waals surface area contributed by atoms with Gasteiger partial charge in [0.1, 0.15) is 0 Å². The van der Waals surface area contributed by atoms with E-state index in [1.807, 2.05) is 109 Å². The van der Waals surface area contributed by atoms with Crippen molar-refractivity contribution in [1.29, 1.82) is 0 Å². The normalized spacial score (nSPS) is 12.8. The molecule has 0 radical (unpaired) electrons. The molecule has 0 amide bonds. The largest absolute Gasteiger partial charge is 0.488 e. The number of hydrogen-bond donors (Lipinski definition) is 2. The molecule has 8 heteroatoms. The molecule has 0 unspecified atom stereocenters. The zero-order valence-corrected chi connectivity index (χ0v) is 56.9. The van der Waals surface area contributed by atoms with Gasteiger partial charge >= 0.3 is 7.12 Å². The van der Waals surface area contributed by atoms with E-state index in [2.05, 4.69) is 271 Å². The summed E-state index contributed by atoms with van der Waals surface area (Å²) in [5, 5.41) is 19.7. The lowest BCUT2D eigenvalue weighted by Crippen LogP contribution is -2.32. The summed E-state index contributed by atoms with van der Waals surface area (Å²) in [7, 11) is -1.49. The second-order valence-corrected chi connectivity index (χ2v) is 27.1. The topological polar surface area (TPSA) is 92.0 Å². The van der Waals surface area contributed by atoms with Crippen LogP contribution < -0.4 is 5.46 Å². The molecule has 480 valence electrons. The molecule has 2 heterocycles. The monoisotopic (exact) mass is 1370 g/mol. The van der Waals surface area contributed by atoms with Crippen molar-refractivity contribution in [2.24, 2.45) is 0 Å². The third-order valence-electron chi connectivity index (χ3n) is 20.6. The maximum Gasteiger partial charge on any atom is 0.488 e. The number of benzene rings is 14. The van der Waals surface area contributed by atoms with Crippen LogP contribution in [0.4, 0.5) is 0 Å². The minimum absolute atomic E-state index is 0.367. The molecule has 0 saturated carbocycles. The smallest absolute Gasteiger partial charge is 0.423 e. The lowest BCUT2D eigenvalue weighted by molar-refractivity contribution is 0.425. The van der Waals surface area contributed by atoms with Crippen LogP contribution in [0.5, 0.6) is 0 Å². The summed E-state index contributed by atoms with van der Waals surface area (Å²) in [6.45, 7) is 0. The highest BCUT2D eigenvalue weighted by molar-refractivity contribution is 9.10. The van der Waals surface area contributed by atoms with E-state index >= 15 is 0 Å². The summed E-state index contributed by atoms with van der Waals surface area (Å²) in [5.41, 5.74) is 32.4. The van der Waals surface area contributed by atoms with Crippen molar-refractivity contribution >= 4 is 28.5 Å². The van der Waals surface area contributed by atoms with Gasteiger partial charge in [-0.25, -0.2) is 19.9 Å². The molecule has 0 aliphatic heterocycles. The van der Waals surface area contributed by atoms with Crippen LogP contribution in [0.15, 0.2) is 368 Å². The molecule has 2 spiro atoms. The van der Waals surface area contributed by atoms with Crippen molar-refractivity contribution in [1.82, 2.24) is 19.9 Å². The maximum absolute atomic E-state index is 9.85. The Hall–Kier alpha value is -12.3. The van der Waals surface area contributed by atoms with Gasteiger partial charge in [-0.3, -0.25) is 0 Å². The van der Waals surface area contributed by atoms with Gasteiger partial charge in [0.25, 0.3) is 0 Å². The second-order valence-electron chi connectivity index (χ2n) is 26.2. The van der Waals surface area contributed by atoms with Crippen molar-refractivity contribution in [2.45, 2.75) is 10.8 Å². The van der Waals surface area contributed by atoms with Crippen LogP contribution >= 0.6 is 15.9 Å². The average molecular weight is 1370 g/mol. The van der Waals surface area contributed by atoms with E-state index < -0.39 is 12.5 Å². The average Bonchev–Trinajstić information content (AvgIpc) is 1.52. The van der Waals surface area contributed by atoms with Gasteiger partial charge in [-0.2, -0.15) is 0 Å². The van der Waals surface area contributed by atoms with Gasteiger partial charge in [-0.05, 0) is 142 Å². The third kappa shape index (κ3) is 10.4. The highest BCUT2D eigenvalue weighted by atomic mass is 79.9. The van der Waals surface area contributed by atoms with Gasteiger partial charge in [0.15, 0.2) is 11.6 Å². The summed E-state index contributed by atoms with van der Waals surface area (Å²) < 4.78 is 1.01. The molecule has 0 fully saturated rings. The van der Waals surface area contributed by atoms with Gasteiger partial charge < -0.3 is 10.0 Å². The molecule has 0 saturated heterocycles. The minimum Gasteiger partial charge on any atom is -0.423 e. The van der Waals surface area contributed by atoms with Crippen LogP contribution in [-0.2, 0) is 10.8 Å². The van der Waals surface area contributed by atoms with E-state index in [0.29, 0.717) is 5.46 Å². The van der Waals surface area contributed by atoms with Crippen LogP contribution in [0.1, 0.15) is 44.5 Å². The lowest BCUT2D eigenvalue weighted by atomic mass is 9.68. The van der Waals surface area contributed by atoms with E-state index in [1.165, 1.54) is 83.5 Å². The van der Waals surface area contributed by atoms with Crippen LogP contribution in [-0.4, -0.2) is 37.1 Å². The second kappa shape index (κ2) is 25.8. The van der Waals surface area contributed by atoms with Gasteiger partial charge in [0.2, 0.25) is 0 Å². The van der Waals surface area contributed by atoms with Gasteiger partial charge in [0, 0.05) is 37.9 Å². The van der Waals surface area contributed by atoms with Crippen LogP contribution in [0, 0.1) is 0 Å². The number of hydrogen-bond acceptors (Lipinski definition) is 6. The Labute approximate surface area is 601 Å². The number of nitrogens with zero attached hydrogens (tertiary/aromatic N) is 4. The molecule has 4 aliphatic carbocycles. The summed E-state index contributed by atoms with van der Waals surface area (Å²) in [6, 6.07) is 128. The highest BCUT2D eigenvalue weighted by Crippen LogP contribution is 2.64. The van der Waals surface area contributed by atoms with Crippen LogP contribution in [0.2, 0.25) is 0 Å². The first-order valence-electron chi connectivity index (χ1n) is 34.4. The van der Waals surface area contributed by atoms with E-state index in [-0.39, 0.29) is 5.41 Å². The molecule has 102 heavy (non-hydrogen) atoms. The van der Waals surface area contributed by atoms with Crippen molar-refractivity contribution in [2.75, 3.05) is 0 Å². The van der Waals surface area contributed by atoms with Crippen molar-refractivity contribution < 1.29 is 10.0 Å². The third-order valence-corrected chi connectivity index (χ3v) is 21.1. The predicted octanol–water partition coefficient (Wildman–Crippen LogP) is 21.4. The molecule has 4 aliphatic rings. The minimum atomic E-state index is -1.49. The number of halogens is 1. The molecule has 20 rings (SSSR count). The summed E-state index contributed by atoms with van der Waals surface area (Å²) >= 11 is 3.53. The van der Waals surface area contributed by atoms with E-state index in [0.717, 1.165) is 89.0 Å². The Morgan fingerprint density at radius 2 is 0.510 bits per heavy atom. The molecule has 0 bridgehead atoms. The van der Waals surface area contributed by atoms with Crippen molar-refractivity contribution in [3.8, 4) is 123 Å². The Morgan fingerprint density at radius 3 is 0.912 bits per heavy atom. The van der Waals surface area contributed by atoms with Gasteiger partial charge in [0.05, 0.1) is 33.6 Å². The SMILES string of the molecule is Brc1cccc(-c2nc(-c3ccccc3)cc(-c3ccccc3)n2)c1.OB(O)c1ccc2c(c1)C1(c3ccccc3-c3ccccc31)c1ccccc1-2.c1ccc(-c2cc(-c3cccc(-c4ccc5c(c4)C4(c6ccccc6-c6ccccc64)c4ccccc4-5)c3)nc(-c3ccccc3)n2)cc1. The first-order valence-corrected chi connectivity index (χ1v) is 35.2. The quantitative estimate of drug-likeness (QED) is 0.147. The first-order chi connectivity index (χ1) is 50.3. The molecule has 2 N–H and O–H groups in total. The fraction of sp³-hybridized carbons (Fsp3) is 0.0213. The van der Waals surface area contributed by atoms with E-state index in [4.69, 9.17) is 19.9 Å². The summed E-state index contributed by atoms with van der Waals surface area (Å²) in [6.07, 6.45) is 0. The van der Waals surface area contributed by atoms with E-state index in [9.17, 15) is 10.0 Å². The van der Waals surface area contributed by atoms with Crippen molar-refractivity contribution in [3.63, 3.8) is 0 Å². The van der Waals surface area contributed by atoms with Gasteiger partial charge in [-0.15, -0.1) is 0 Å². The van der Waals surface area contributed by atoms with Crippen LogP contribution in [0.3, 0.4) is 0 Å². The summed E-state index contributed by atoms with van der Waals surface area (Å²) in [5.74, 6) is 1.44. The standard InChI is InChI=1S/C47H30N2.C25H17BO2.C22H15BrN2/c1-3-14-31(15-4-1)44-30-45(49-46(48-44)32-16-5-2-6-17-32)35-19-13-18-33(28-35)34-26-27-39-38-22-9-12-25-42(38)47(43(39)29-34)40-23-10-7-20-36(40)37-21-8-11-24-41(37)47;27-26(28)16-13-14-20-19-9-3-6-12-23(19)25(24(20)15-16)21-10-4-1-7-17(21)18-8-2-5-11-22(18)25;23-19-13-7-12-18(14-19)22-24-20(16-8-3-1-4-9-16)15-21(25-22)17-10-5-2-6-11-17/h1-30H;1-15,27-28H;1-15H. The molecular weight excluding hydrogens is 1310 g/mol. The van der Waals surface area contributed by atoms with Crippen LogP contribution in [0.25, 0.3) is 123 Å². The number of fused-ring (bicyclic) bond motifs is 20. The zero-order chi connectivity index (χ0) is 68.3. The Bertz CT molecular complexity index is 5670. The number of rotatable bonds is 8. The lowest BCUT2D eigenvalue weighted by Gasteiger charge is -2.30. The molecule has 2 aromatic heterocycles. The molecule has 16 aromatic rings. The van der Waals surface area contributed by atoms with Crippen molar-refractivity contribution in [3.05, 3.63) is 413 Å². The molecule has 0 atom stereocenters. The molecule has 14 aromatic carbocycles. The molecular formula is C94H62BBrN4O2. The fourth-order valence-electron chi connectivity index (χ4n) is 16.2. The number of aromatic nitrogens is 4. The fourth-order valence-corrected chi connectivity index (χ4v) is 16.6. The Balaban J connectivity index is 0.000000119.